The van der Waals surface area contributed by atoms with E-state index in [2.05, 4.69) is 24.3 Å². The van der Waals surface area contributed by atoms with E-state index in [1.54, 1.807) is 17.8 Å². The van der Waals surface area contributed by atoms with Crippen molar-refractivity contribution in [2.75, 3.05) is 11.5 Å². The molecule has 0 saturated carbocycles. The van der Waals surface area contributed by atoms with Gasteiger partial charge in [-0.15, -0.1) is 23.5 Å². The van der Waals surface area contributed by atoms with Gasteiger partial charge in [0.1, 0.15) is 0 Å². The number of rotatable bonds is 3. The van der Waals surface area contributed by atoms with Crippen molar-refractivity contribution in [2.45, 2.75) is 15.7 Å². The first-order chi connectivity index (χ1) is 9.24. The quantitative estimate of drug-likeness (QED) is 0.735. The number of thioether (sulfide) groups is 2. The van der Waals surface area contributed by atoms with E-state index in [1.807, 2.05) is 11.8 Å². The van der Waals surface area contributed by atoms with Crippen LogP contribution in [0, 0.1) is 11.6 Å². The first-order valence-corrected chi connectivity index (χ1v) is 8.01. The molecule has 2 aromatic rings. The lowest BCUT2D eigenvalue weighted by Crippen LogP contribution is -2.00. The molecule has 4 heteroatoms. The molecule has 0 radical (unpaired) electrons. The summed E-state index contributed by atoms with van der Waals surface area (Å²) in [6, 6.07) is 12.5. The molecule has 2 aromatic carbocycles. The molecular weight excluding hydrogens is 282 g/mol. The smallest absolute Gasteiger partial charge is 0.159 e. The average molecular weight is 294 g/mol. The van der Waals surface area contributed by atoms with Crippen LogP contribution in [0.2, 0.25) is 0 Å². The van der Waals surface area contributed by atoms with Crippen LogP contribution in [0.3, 0.4) is 0 Å². The summed E-state index contributed by atoms with van der Waals surface area (Å²) in [5.74, 6) is 0.891. The maximum Gasteiger partial charge on any atom is 0.159 e. The molecule has 1 atom stereocenters. The van der Waals surface area contributed by atoms with Gasteiger partial charge in [-0.05, 0) is 29.8 Å². The lowest BCUT2D eigenvalue weighted by molar-refractivity contribution is 0.506. The first-order valence-electron chi connectivity index (χ1n) is 6.03. The van der Waals surface area contributed by atoms with E-state index in [-0.39, 0.29) is 0 Å². The molecule has 98 valence electrons. The molecule has 0 nitrogen and oxygen atoms in total. The minimum Gasteiger partial charge on any atom is -0.204 e. The topological polar surface area (TPSA) is 0 Å². The lowest BCUT2D eigenvalue weighted by atomic mass is 10.0. The van der Waals surface area contributed by atoms with Crippen molar-refractivity contribution in [1.82, 2.24) is 0 Å². The standard InChI is InChI=1S/C15H12F2S2/c16-13-6-5-11(7-14(13)17)18-8-10-9-19-15-4-2-1-3-12(10)15/h1-7,10H,8-9H2. The van der Waals surface area contributed by atoms with E-state index in [9.17, 15) is 8.78 Å². The third-order valence-corrected chi connectivity index (χ3v) is 5.55. The lowest BCUT2D eigenvalue weighted by Gasteiger charge is -2.10. The van der Waals surface area contributed by atoms with Gasteiger partial charge >= 0.3 is 0 Å². The van der Waals surface area contributed by atoms with Crippen molar-refractivity contribution < 1.29 is 8.78 Å². The highest BCUT2D eigenvalue weighted by molar-refractivity contribution is 8.00. The van der Waals surface area contributed by atoms with Crippen LogP contribution in [0.4, 0.5) is 8.78 Å². The Morgan fingerprint density at radius 2 is 1.95 bits per heavy atom. The van der Waals surface area contributed by atoms with Crippen LogP contribution in [0.15, 0.2) is 52.3 Å². The van der Waals surface area contributed by atoms with E-state index >= 15 is 0 Å². The van der Waals surface area contributed by atoms with E-state index in [4.69, 9.17) is 0 Å². The predicted molar refractivity (Wildman–Crippen MR) is 77.0 cm³/mol. The normalized spacial score (nSPS) is 17.5. The molecule has 19 heavy (non-hydrogen) atoms. The molecular formula is C15H12F2S2. The van der Waals surface area contributed by atoms with Crippen molar-refractivity contribution in [3.05, 3.63) is 59.7 Å². The summed E-state index contributed by atoms with van der Waals surface area (Å²) in [6.45, 7) is 0. The molecule has 0 amide bonds. The Bertz CT molecular complexity index is 598. The zero-order chi connectivity index (χ0) is 13.2. The van der Waals surface area contributed by atoms with Gasteiger partial charge in [-0.1, -0.05) is 18.2 Å². The Morgan fingerprint density at radius 3 is 2.79 bits per heavy atom. The Kier molecular flexibility index (Phi) is 3.80. The third kappa shape index (κ3) is 2.79. The molecule has 0 saturated heterocycles. The van der Waals surface area contributed by atoms with Gasteiger partial charge in [0, 0.05) is 27.2 Å². The number of fused-ring (bicyclic) bond motifs is 1. The predicted octanol–water partition coefficient (Wildman–Crippen LogP) is 4.95. The summed E-state index contributed by atoms with van der Waals surface area (Å²) < 4.78 is 26.0. The van der Waals surface area contributed by atoms with E-state index < -0.39 is 11.6 Å². The second-order valence-electron chi connectivity index (χ2n) is 4.43. The van der Waals surface area contributed by atoms with Gasteiger partial charge in [0.15, 0.2) is 11.6 Å². The summed E-state index contributed by atoms with van der Waals surface area (Å²) in [6.07, 6.45) is 0. The van der Waals surface area contributed by atoms with Crippen molar-refractivity contribution in [1.29, 1.82) is 0 Å². The van der Waals surface area contributed by atoms with Gasteiger partial charge in [-0.25, -0.2) is 8.78 Å². The first kappa shape index (κ1) is 13.0. The van der Waals surface area contributed by atoms with Gasteiger partial charge in [0.05, 0.1) is 0 Å². The molecule has 1 aliphatic rings. The van der Waals surface area contributed by atoms with E-state index in [0.717, 1.165) is 16.4 Å². The van der Waals surface area contributed by atoms with Crippen molar-refractivity contribution >= 4 is 23.5 Å². The van der Waals surface area contributed by atoms with Crippen LogP contribution in [-0.4, -0.2) is 11.5 Å². The highest BCUT2D eigenvalue weighted by Gasteiger charge is 2.22. The second kappa shape index (κ2) is 5.55. The van der Waals surface area contributed by atoms with Crippen molar-refractivity contribution in [3.63, 3.8) is 0 Å². The highest BCUT2D eigenvalue weighted by atomic mass is 32.2. The summed E-state index contributed by atoms with van der Waals surface area (Å²) in [7, 11) is 0. The number of halogens is 2. The molecule has 0 aliphatic carbocycles. The fourth-order valence-electron chi connectivity index (χ4n) is 2.13. The number of benzene rings is 2. The molecule has 1 unspecified atom stereocenters. The van der Waals surface area contributed by atoms with Gasteiger partial charge < -0.3 is 0 Å². The van der Waals surface area contributed by atoms with Crippen LogP contribution in [-0.2, 0) is 0 Å². The molecule has 0 N–H and O–H groups in total. The summed E-state index contributed by atoms with van der Waals surface area (Å²) in [4.78, 5) is 2.13. The van der Waals surface area contributed by atoms with Crippen LogP contribution >= 0.6 is 23.5 Å². The molecule has 0 fully saturated rings. The van der Waals surface area contributed by atoms with Gasteiger partial charge in [-0.2, -0.15) is 0 Å². The number of hydrogen-bond donors (Lipinski definition) is 0. The van der Waals surface area contributed by atoms with E-state index in [1.165, 1.54) is 22.6 Å². The largest absolute Gasteiger partial charge is 0.204 e. The monoisotopic (exact) mass is 294 g/mol. The zero-order valence-electron chi connectivity index (χ0n) is 10.1. The minimum atomic E-state index is -0.786. The zero-order valence-corrected chi connectivity index (χ0v) is 11.7. The molecule has 0 bridgehead atoms. The molecule has 3 rings (SSSR count). The molecule has 0 aromatic heterocycles. The Balaban J connectivity index is 1.69. The Morgan fingerprint density at radius 1 is 1.11 bits per heavy atom. The average Bonchev–Trinajstić information content (AvgIpc) is 2.83. The Hall–Kier alpha value is -1.00. The van der Waals surface area contributed by atoms with Crippen molar-refractivity contribution in [2.24, 2.45) is 0 Å². The fraction of sp³-hybridized carbons (Fsp3) is 0.200. The minimum absolute atomic E-state index is 0.485. The van der Waals surface area contributed by atoms with Gasteiger partial charge in [0.25, 0.3) is 0 Å². The van der Waals surface area contributed by atoms with E-state index in [0.29, 0.717) is 5.92 Å². The molecule has 1 heterocycles. The second-order valence-corrected chi connectivity index (χ2v) is 6.59. The van der Waals surface area contributed by atoms with Gasteiger partial charge in [0.2, 0.25) is 0 Å². The van der Waals surface area contributed by atoms with Crippen LogP contribution in [0.1, 0.15) is 11.5 Å². The maximum absolute atomic E-state index is 13.1. The number of hydrogen-bond acceptors (Lipinski definition) is 2. The SMILES string of the molecule is Fc1ccc(SCC2CSc3ccccc32)cc1F. The summed E-state index contributed by atoms with van der Waals surface area (Å²) in [5.41, 5.74) is 1.38. The summed E-state index contributed by atoms with van der Waals surface area (Å²) >= 11 is 3.45. The fourth-order valence-corrected chi connectivity index (χ4v) is 4.58. The van der Waals surface area contributed by atoms with Crippen LogP contribution in [0.5, 0.6) is 0 Å². The summed E-state index contributed by atoms with van der Waals surface area (Å²) in [5, 5.41) is 0. The van der Waals surface area contributed by atoms with Crippen LogP contribution in [0.25, 0.3) is 0 Å². The van der Waals surface area contributed by atoms with Crippen molar-refractivity contribution in [3.8, 4) is 0 Å². The highest BCUT2D eigenvalue weighted by Crippen LogP contribution is 2.41. The molecule has 0 spiro atoms. The Labute approximate surface area is 119 Å². The molecule has 1 aliphatic heterocycles. The third-order valence-electron chi connectivity index (χ3n) is 3.14. The maximum atomic E-state index is 13.1. The van der Waals surface area contributed by atoms with Gasteiger partial charge in [-0.3, -0.25) is 0 Å². The van der Waals surface area contributed by atoms with Crippen LogP contribution < -0.4 is 0 Å².